The molecule has 1 aromatic rings. The minimum absolute atomic E-state index is 0.130. The van der Waals surface area contributed by atoms with Crippen LogP contribution < -0.4 is 16.2 Å². The topological polar surface area (TPSA) is 111 Å². The number of nitrogens with one attached hydrogen (secondary N) is 1. The smallest absolute Gasteiger partial charge is 0.210 e. The Balaban J connectivity index is 2.51. The maximum absolute atomic E-state index is 10.6. The van der Waals surface area contributed by atoms with Crippen molar-refractivity contribution in [3.63, 3.8) is 0 Å². The van der Waals surface area contributed by atoms with Gasteiger partial charge in [0.15, 0.2) is 0 Å². The van der Waals surface area contributed by atoms with Gasteiger partial charge in [0.1, 0.15) is 0 Å². The molecule has 1 aromatic heterocycles. The minimum Gasteiger partial charge on any atom is -0.396 e. The van der Waals surface area contributed by atoms with Crippen LogP contribution in [0.2, 0.25) is 0 Å². The van der Waals surface area contributed by atoms with Crippen LogP contribution in [-0.2, 0) is 10.0 Å². The average Bonchev–Trinajstić information content (AvgIpc) is 2.06. The van der Waals surface area contributed by atoms with Crippen molar-refractivity contribution in [2.75, 3.05) is 23.3 Å². The van der Waals surface area contributed by atoms with Crippen molar-refractivity contribution >= 4 is 21.4 Å². The average molecular weight is 216 g/mol. The zero-order valence-electron chi connectivity index (χ0n) is 7.47. The molecule has 0 saturated carbocycles. The Morgan fingerprint density at radius 2 is 2.21 bits per heavy atom. The first-order valence-electron chi connectivity index (χ1n) is 3.93. The quantitative estimate of drug-likeness (QED) is 0.620. The molecule has 5 N–H and O–H groups in total. The second kappa shape index (κ2) is 4.25. The van der Waals surface area contributed by atoms with Crippen molar-refractivity contribution in [2.45, 2.75) is 0 Å². The number of nitrogens with zero attached hydrogens (tertiary/aromatic N) is 1. The van der Waals surface area contributed by atoms with Crippen LogP contribution in [0.25, 0.3) is 0 Å². The van der Waals surface area contributed by atoms with Gasteiger partial charge in [-0.3, -0.25) is 4.98 Å². The second-order valence-electron chi connectivity index (χ2n) is 2.76. The van der Waals surface area contributed by atoms with E-state index in [-0.39, 0.29) is 12.3 Å². The normalized spacial score (nSPS) is 11.2. The van der Waals surface area contributed by atoms with Gasteiger partial charge >= 0.3 is 0 Å². The number of hydrogen-bond acceptors (Lipinski definition) is 5. The Kier molecular flexibility index (Phi) is 3.26. The lowest BCUT2D eigenvalue weighted by Crippen LogP contribution is -2.22. The Morgan fingerprint density at radius 3 is 2.79 bits per heavy atom. The molecule has 6 nitrogen and oxygen atoms in total. The predicted molar refractivity (Wildman–Crippen MR) is 55.1 cm³/mol. The third kappa shape index (κ3) is 3.58. The van der Waals surface area contributed by atoms with Crippen molar-refractivity contribution in [1.82, 2.24) is 4.98 Å². The lowest BCUT2D eigenvalue weighted by Gasteiger charge is -2.06. The number of rotatable bonds is 4. The van der Waals surface area contributed by atoms with E-state index in [0.717, 1.165) is 0 Å². The number of pyridine rings is 1. The van der Waals surface area contributed by atoms with E-state index in [1.54, 1.807) is 12.3 Å². The molecule has 1 rings (SSSR count). The zero-order chi connectivity index (χ0) is 10.6. The summed E-state index contributed by atoms with van der Waals surface area (Å²) in [6, 6.07) is 1.67. The summed E-state index contributed by atoms with van der Waals surface area (Å²) in [5.74, 6) is -0.130. The first-order valence-corrected chi connectivity index (χ1v) is 5.64. The lowest BCUT2D eigenvalue weighted by molar-refractivity contribution is 0.598. The minimum atomic E-state index is -3.43. The number of primary sulfonamides is 1. The van der Waals surface area contributed by atoms with Gasteiger partial charge in [0.05, 0.1) is 23.3 Å². The second-order valence-corrected chi connectivity index (χ2v) is 4.49. The highest BCUT2D eigenvalue weighted by molar-refractivity contribution is 7.89. The van der Waals surface area contributed by atoms with E-state index in [0.29, 0.717) is 11.4 Å². The first-order chi connectivity index (χ1) is 6.49. The summed E-state index contributed by atoms with van der Waals surface area (Å²) in [5.41, 5.74) is 6.69. The van der Waals surface area contributed by atoms with Gasteiger partial charge in [-0.25, -0.2) is 13.6 Å². The molecule has 0 radical (unpaired) electrons. The van der Waals surface area contributed by atoms with Crippen LogP contribution in [-0.4, -0.2) is 25.7 Å². The molecule has 0 amide bonds. The molecule has 0 atom stereocenters. The molecule has 0 aliphatic heterocycles. The van der Waals surface area contributed by atoms with Crippen molar-refractivity contribution in [3.8, 4) is 0 Å². The highest BCUT2D eigenvalue weighted by Gasteiger charge is 2.02. The van der Waals surface area contributed by atoms with E-state index >= 15 is 0 Å². The molecular weight excluding hydrogens is 204 g/mol. The van der Waals surface area contributed by atoms with Crippen LogP contribution in [0.1, 0.15) is 0 Å². The van der Waals surface area contributed by atoms with Crippen molar-refractivity contribution in [2.24, 2.45) is 5.14 Å². The van der Waals surface area contributed by atoms with Crippen LogP contribution in [0, 0.1) is 0 Å². The van der Waals surface area contributed by atoms with Crippen molar-refractivity contribution in [1.29, 1.82) is 0 Å². The molecule has 0 fully saturated rings. The largest absolute Gasteiger partial charge is 0.396 e. The number of aromatic nitrogens is 1. The molecule has 0 saturated heterocycles. The predicted octanol–water partition coefficient (Wildman–Crippen LogP) is -0.636. The van der Waals surface area contributed by atoms with Crippen LogP contribution in [0.5, 0.6) is 0 Å². The molecule has 0 spiro atoms. The fraction of sp³-hybridized carbons (Fsp3) is 0.286. The van der Waals surface area contributed by atoms with E-state index in [4.69, 9.17) is 10.9 Å². The van der Waals surface area contributed by atoms with E-state index < -0.39 is 10.0 Å². The standard InChI is InChI=1S/C7H12N4O2S/c8-6-5-10-2-1-7(6)11-3-4-14(9,12)13/h1-2,5H,3-4,8H2,(H,10,11)(H2,9,12,13). The van der Waals surface area contributed by atoms with Crippen LogP contribution in [0.4, 0.5) is 11.4 Å². The number of anilines is 2. The Labute approximate surface area is 82.4 Å². The Hall–Kier alpha value is -1.34. The Bertz CT molecular complexity index is 404. The van der Waals surface area contributed by atoms with E-state index in [2.05, 4.69) is 10.3 Å². The summed E-state index contributed by atoms with van der Waals surface area (Å²) < 4.78 is 21.2. The summed E-state index contributed by atoms with van der Waals surface area (Å²) in [6.45, 7) is 0.229. The van der Waals surface area contributed by atoms with Crippen LogP contribution >= 0.6 is 0 Å². The van der Waals surface area contributed by atoms with Gasteiger partial charge in [-0.2, -0.15) is 0 Å². The molecule has 14 heavy (non-hydrogen) atoms. The van der Waals surface area contributed by atoms with Gasteiger partial charge in [0.2, 0.25) is 10.0 Å². The molecule has 0 bridgehead atoms. The fourth-order valence-corrected chi connectivity index (χ4v) is 1.28. The third-order valence-corrected chi connectivity index (χ3v) is 2.33. The van der Waals surface area contributed by atoms with Gasteiger partial charge in [-0.15, -0.1) is 0 Å². The molecule has 1 heterocycles. The number of hydrogen-bond donors (Lipinski definition) is 3. The summed E-state index contributed by atoms with van der Waals surface area (Å²) in [5, 5.41) is 7.67. The Morgan fingerprint density at radius 1 is 1.50 bits per heavy atom. The van der Waals surface area contributed by atoms with Crippen molar-refractivity contribution < 1.29 is 8.42 Å². The van der Waals surface area contributed by atoms with Crippen molar-refractivity contribution in [3.05, 3.63) is 18.5 Å². The molecule has 0 aliphatic rings. The van der Waals surface area contributed by atoms with E-state index in [1.165, 1.54) is 6.20 Å². The number of nitrogen functional groups attached to an aromatic ring is 1. The van der Waals surface area contributed by atoms with Crippen LogP contribution in [0.15, 0.2) is 18.5 Å². The van der Waals surface area contributed by atoms with Gasteiger partial charge in [0.25, 0.3) is 0 Å². The summed E-state index contributed by atoms with van der Waals surface area (Å²) in [7, 11) is -3.43. The molecular formula is C7H12N4O2S. The zero-order valence-corrected chi connectivity index (χ0v) is 8.29. The molecule has 78 valence electrons. The molecule has 7 heteroatoms. The molecule has 0 unspecified atom stereocenters. The fourth-order valence-electron chi connectivity index (χ4n) is 0.896. The molecule has 0 aliphatic carbocycles. The van der Waals surface area contributed by atoms with Gasteiger partial charge in [0, 0.05) is 12.7 Å². The highest BCUT2D eigenvalue weighted by atomic mass is 32.2. The maximum atomic E-state index is 10.6. The van der Waals surface area contributed by atoms with Gasteiger partial charge in [-0.05, 0) is 6.07 Å². The summed E-state index contributed by atoms with van der Waals surface area (Å²) in [4.78, 5) is 3.79. The van der Waals surface area contributed by atoms with Gasteiger partial charge in [-0.1, -0.05) is 0 Å². The van der Waals surface area contributed by atoms with Crippen LogP contribution in [0.3, 0.4) is 0 Å². The summed E-state index contributed by atoms with van der Waals surface area (Å²) in [6.07, 6.45) is 3.05. The van der Waals surface area contributed by atoms with E-state index in [9.17, 15) is 8.42 Å². The maximum Gasteiger partial charge on any atom is 0.210 e. The SMILES string of the molecule is Nc1cnccc1NCCS(N)(=O)=O. The molecule has 0 aromatic carbocycles. The number of nitrogens with two attached hydrogens (primary N) is 2. The first kappa shape index (κ1) is 10.7. The number of sulfonamides is 1. The van der Waals surface area contributed by atoms with E-state index in [1.807, 2.05) is 0 Å². The third-order valence-electron chi connectivity index (χ3n) is 1.55. The lowest BCUT2D eigenvalue weighted by atomic mass is 10.3. The summed E-state index contributed by atoms with van der Waals surface area (Å²) >= 11 is 0. The monoisotopic (exact) mass is 216 g/mol. The highest BCUT2D eigenvalue weighted by Crippen LogP contribution is 2.14. The van der Waals surface area contributed by atoms with Gasteiger partial charge < -0.3 is 11.1 Å².